The van der Waals surface area contributed by atoms with Gasteiger partial charge in [0.1, 0.15) is 5.75 Å². The molecule has 0 radical (unpaired) electrons. The molecule has 1 unspecified atom stereocenters. The molecule has 1 aliphatic rings. The number of hydrogen-bond donors (Lipinski definition) is 1. The third kappa shape index (κ3) is 4.10. The zero-order chi connectivity index (χ0) is 19.3. The number of phenols is 1. The monoisotopic (exact) mass is 376 g/mol. The Morgan fingerprint density at radius 1 is 1.07 bits per heavy atom. The zero-order valence-electron chi connectivity index (χ0n) is 15.7. The van der Waals surface area contributed by atoms with Gasteiger partial charge >= 0.3 is 0 Å². The number of hydrogen-bond acceptors (Lipinski definition) is 3. The van der Waals surface area contributed by atoms with Crippen LogP contribution in [0.2, 0.25) is 0 Å². The summed E-state index contributed by atoms with van der Waals surface area (Å²) in [5.74, 6) is 0.147. The van der Waals surface area contributed by atoms with Gasteiger partial charge in [0.05, 0.1) is 6.10 Å². The molecule has 5 heteroatoms. The van der Waals surface area contributed by atoms with E-state index in [1.54, 1.807) is 17.0 Å². The maximum atomic E-state index is 13.2. The molecule has 144 valence electrons. The van der Waals surface area contributed by atoms with Crippen LogP contribution in [-0.4, -0.2) is 39.7 Å². The maximum absolute atomic E-state index is 13.2. The van der Waals surface area contributed by atoms with E-state index < -0.39 is 0 Å². The van der Waals surface area contributed by atoms with E-state index in [0.717, 1.165) is 30.7 Å². The second-order valence-corrected chi connectivity index (χ2v) is 7.09. The standard InChI is InChI=1S/C23H24N2O3/c26-22-8-2-1-6-19(22)16-25(17-21-7-5-15-28-21)23(27)18-9-11-20(12-10-18)24-13-3-4-14-24/h1-4,6,8-14,21,26H,5,7,15-17H2. The average molecular weight is 376 g/mol. The van der Waals surface area contributed by atoms with Crippen LogP contribution in [0.25, 0.3) is 5.69 Å². The lowest BCUT2D eigenvalue weighted by Crippen LogP contribution is -2.37. The van der Waals surface area contributed by atoms with E-state index in [1.165, 1.54) is 0 Å². The highest BCUT2D eigenvalue weighted by Gasteiger charge is 2.24. The molecule has 1 amide bonds. The Bertz CT molecular complexity index is 913. The number of nitrogens with zero attached hydrogens (tertiary/aromatic N) is 2. The van der Waals surface area contributed by atoms with Gasteiger partial charge in [0, 0.05) is 48.9 Å². The van der Waals surface area contributed by atoms with E-state index in [0.29, 0.717) is 18.7 Å². The lowest BCUT2D eigenvalue weighted by atomic mass is 10.1. The number of benzene rings is 2. The molecule has 2 aromatic carbocycles. The summed E-state index contributed by atoms with van der Waals surface area (Å²) in [5.41, 5.74) is 2.37. The summed E-state index contributed by atoms with van der Waals surface area (Å²) in [7, 11) is 0. The van der Waals surface area contributed by atoms with E-state index in [9.17, 15) is 9.90 Å². The van der Waals surface area contributed by atoms with Gasteiger partial charge in [-0.15, -0.1) is 0 Å². The number of phenolic OH excluding ortho intramolecular Hbond substituents is 1. The van der Waals surface area contributed by atoms with E-state index in [-0.39, 0.29) is 17.8 Å². The quantitative estimate of drug-likeness (QED) is 0.707. The van der Waals surface area contributed by atoms with Crippen molar-refractivity contribution in [3.8, 4) is 11.4 Å². The van der Waals surface area contributed by atoms with Crippen LogP contribution in [0.5, 0.6) is 5.75 Å². The highest BCUT2D eigenvalue weighted by atomic mass is 16.5. The average Bonchev–Trinajstić information content (AvgIpc) is 3.43. The molecule has 5 nitrogen and oxygen atoms in total. The molecule has 3 aromatic rings. The van der Waals surface area contributed by atoms with Crippen molar-refractivity contribution in [1.29, 1.82) is 0 Å². The molecule has 4 rings (SSSR count). The van der Waals surface area contributed by atoms with E-state index in [4.69, 9.17) is 4.74 Å². The highest BCUT2D eigenvalue weighted by molar-refractivity contribution is 5.94. The van der Waals surface area contributed by atoms with Crippen LogP contribution >= 0.6 is 0 Å². The third-order valence-corrected chi connectivity index (χ3v) is 5.10. The SMILES string of the molecule is O=C(c1ccc(-n2cccc2)cc1)N(Cc1ccccc1O)CC1CCCO1. The number of amides is 1. The van der Waals surface area contributed by atoms with Gasteiger partial charge in [-0.1, -0.05) is 18.2 Å². The van der Waals surface area contributed by atoms with Crippen molar-refractivity contribution < 1.29 is 14.6 Å². The Balaban J connectivity index is 1.55. The van der Waals surface area contributed by atoms with Crippen LogP contribution < -0.4 is 0 Å². The molecule has 1 fully saturated rings. The Kier molecular flexibility index (Phi) is 5.44. The largest absolute Gasteiger partial charge is 0.508 e. The molecule has 0 bridgehead atoms. The van der Waals surface area contributed by atoms with Gasteiger partial charge in [-0.05, 0) is 55.3 Å². The summed E-state index contributed by atoms with van der Waals surface area (Å²) >= 11 is 0. The van der Waals surface area contributed by atoms with Gasteiger partial charge in [-0.2, -0.15) is 0 Å². The van der Waals surface area contributed by atoms with Crippen LogP contribution in [0, 0.1) is 0 Å². The Hall–Kier alpha value is -3.05. The van der Waals surface area contributed by atoms with Crippen LogP contribution in [0.4, 0.5) is 0 Å². The molecule has 1 saturated heterocycles. The Morgan fingerprint density at radius 3 is 2.50 bits per heavy atom. The molecular formula is C23H24N2O3. The molecule has 0 spiro atoms. The summed E-state index contributed by atoms with van der Waals surface area (Å²) in [5, 5.41) is 10.1. The van der Waals surface area contributed by atoms with E-state index in [2.05, 4.69) is 0 Å². The molecule has 1 atom stereocenters. The predicted octanol–water partition coefficient (Wildman–Crippen LogP) is 4.00. The van der Waals surface area contributed by atoms with Crippen LogP contribution in [0.3, 0.4) is 0 Å². The fourth-order valence-corrected chi connectivity index (χ4v) is 3.57. The number of carbonyl (C=O) groups excluding carboxylic acids is 1. The number of aromatic nitrogens is 1. The summed E-state index contributed by atoms with van der Waals surface area (Å²) in [6, 6.07) is 18.7. The van der Waals surface area contributed by atoms with E-state index >= 15 is 0 Å². The molecule has 1 aromatic heterocycles. The normalized spacial score (nSPS) is 16.2. The van der Waals surface area contributed by atoms with Gasteiger partial charge in [-0.3, -0.25) is 4.79 Å². The Labute approximate surface area is 164 Å². The first-order chi connectivity index (χ1) is 13.7. The predicted molar refractivity (Wildman–Crippen MR) is 108 cm³/mol. The van der Waals surface area contributed by atoms with Gasteiger partial charge in [0.2, 0.25) is 0 Å². The fraction of sp³-hybridized carbons (Fsp3) is 0.261. The maximum Gasteiger partial charge on any atom is 0.254 e. The summed E-state index contributed by atoms with van der Waals surface area (Å²) in [6.45, 7) is 1.62. The molecule has 2 heterocycles. The molecule has 1 N–H and O–H groups in total. The minimum absolute atomic E-state index is 0.0500. The first kappa shape index (κ1) is 18.3. The summed E-state index contributed by atoms with van der Waals surface area (Å²) in [4.78, 5) is 15.0. The topological polar surface area (TPSA) is 54.7 Å². The number of ether oxygens (including phenoxy) is 1. The van der Waals surface area contributed by atoms with Gasteiger partial charge in [0.25, 0.3) is 5.91 Å². The minimum Gasteiger partial charge on any atom is -0.508 e. The number of para-hydroxylation sites is 1. The Morgan fingerprint density at radius 2 is 1.82 bits per heavy atom. The number of aromatic hydroxyl groups is 1. The van der Waals surface area contributed by atoms with Crippen molar-refractivity contribution in [2.75, 3.05) is 13.2 Å². The van der Waals surface area contributed by atoms with Crippen LogP contribution in [0.15, 0.2) is 73.1 Å². The first-order valence-corrected chi connectivity index (χ1v) is 9.62. The second kappa shape index (κ2) is 8.31. The molecule has 0 saturated carbocycles. The number of rotatable bonds is 6. The van der Waals surface area contributed by atoms with Crippen molar-refractivity contribution >= 4 is 5.91 Å². The minimum atomic E-state index is -0.0576. The smallest absolute Gasteiger partial charge is 0.254 e. The van der Waals surface area contributed by atoms with Gasteiger partial charge in [0.15, 0.2) is 0 Å². The lowest BCUT2D eigenvalue weighted by molar-refractivity contribution is 0.0506. The van der Waals surface area contributed by atoms with Gasteiger partial charge < -0.3 is 19.3 Å². The summed E-state index contributed by atoms with van der Waals surface area (Å²) in [6.07, 6.45) is 5.97. The molecular weight excluding hydrogens is 352 g/mol. The van der Waals surface area contributed by atoms with E-state index in [1.807, 2.05) is 65.5 Å². The van der Waals surface area contributed by atoms with Crippen LogP contribution in [-0.2, 0) is 11.3 Å². The van der Waals surface area contributed by atoms with Gasteiger partial charge in [-0.25, -0.2) is 0 Å². The molecule has 1 aliphatic heterocycles. The number of carbonyl (C=O) groups is 1. The molecule has 0 aliphatic carbocycles. The fourth-order valence-electron chi connectivity index (χ4n) is 3.57. The van der Waals surface area contributed by atoms with Crippen LogP contribution in [0.1, 0.15) is 28.8 Å². The highest BCUT2D eigenvalue weighted by Crippen LogP contribution is 2.22. The zero-order valence-corrected chi connectivity index (χ0v) is 15.7. The van der Waals surface area contributed by atoms with Crippen molar-refractivity contribution in [2.24, 2.45) is 0 Å². The van der Waals surface area contributed by atoms with Crippen molar-refractivity contribution in [3.05, 3.63) is 84.2 Å². The first-order valence-electron chi connectivity index (χ1n) is 9.62. The van der Waals surface area contributed by atoms with Crippen molar-refractivity contribution in [2.45, 2.75) is 25.5 Å². The lowest BCUT2D eigenvalue weighted by Gasteiger charge is -2.26. The third-order valence-electron chi connectivity index (χ3n) is 5.10. The van der Waals surface area contributed by atoms with Crippen molar-refractivity contribution in [3.63, 3.8) is 0 Å². The second-order valence-electron chi connectivity index (χ2n) is 7.09. The molecule has 28 heavy (non-hydrogen) atoms. The van der Waals surface area contributed by atoms with Crippen molar-refractivity contribution in [1.82, 2.24) is 9.47 Å². The summed E-state index contributed by atoms with van der Waals surface area (Å²) < 4.78 is 7.75.